The highest BCUT2D eigenvalue weighted by Gasteiger charge is 2.73. The first-order valence-corrected chi connectivity index (χ1v) is 5.94. The van der Waals surface area contributed by atoms with Gasteiger partial charge in [0.15, 0.2) is 4.18 Å². The van der Waals surface area contributed by atoms with E-state index in [4.69, 9.17) is 0 Å². The summed E-state index contributed by atoms with van der Waals surface area (Å²) in [6, 6.07) is 0. The zero-order valence-corrected chi connectivity index (χ0v) is 11.3. The third-order valence-corrected chi connectivity index (χ3v) is 2.86. The molecular formula is C8H6F11I. The summed E-state index contributed by atoms with van der Waals surface area (Å²) in [7, 11) is 0. The number of halogens is 12. The van der Waals surface area contributed by atoms with E-state index in [1.54, 1.807) is 0 Å². The average Bonchev–Trinajstić information content (AvgIpc) is 2.10. The Morgan fingerprint density at radius 2 is 1.10 bits per heavy atom. The van der Waals surface area contributed by atoms with Crippen molar-refractivity contribution in [1.29, 1.82) is 0 Å². The minimum Gasteiger partial charge on any atom is -0.236 e. The second-order valence-corrected chi connectivity index (χ2v) is 5.22. The molecule has 12 heteroatoms. The standard InChI is InChI=1S/C8H6F11I/c9-4(20)1-3(6(11,12)13)2-5(10,7(14,15)16)8(17,18)19/h3-4H,1-2H2. The van der Waals surface area contributed by atoms with E-state index in [0.29, 0.717) is 0 Å². The van der Waals surface area contributed by atoms with E-state index >= 15 is 0 Å². The molecule has 2 atom stereocenters. The summed E-state index contributed by atoms with van der Waals surface area (Å²) in [5.41, 5.74) is -6.05. The van der Waals surface area contributed by atoms with Gasteiger partial charge in [-0.3, -0.25) is 0 Å². The van der Waals surface area contributed by atoms with E-state index in [9.17, 15) is 48.3 Å². The number of alkyl halides is 12. The lowest BCUT2D eigenvalue weighted by Gasteiger charge is -2.33. The fourth-order valence-electron chi connectivity index (χ4n) is 1.28. The van der Waals surface area contributed by atoms with Crippen LogP contribution >= 0.6 is 22.6 Å². The summed E-state index contributed by atoms with van der Waals surface area (Å²) in [6.45, 7) is 0. The van der Waals surface area contributed by atoms with Crippen LogP contribution in [0, 0.1) is 5.92 Å². The van der Waals surface area contributed by atoms with E-state index in [1.165, 1.54) is 0 Å². The van der Waals surface area contributed by atoms with Gasteiger partial charge in [-0.2, -0.15) is 39.5 Å². The molecule has 122 valence electrons. The van der Waals surface area contributed by atoms with E-state index < -0.39 is 47.1 Å². The first kappa shape index (κ1) is 20.0. The molecule has 0 spiro atoms. The van der Waals surface area contributed by atoms with Gasteiger partial charge in [-0.25, -0.2) is 8.78 Å². The Morgan fingerprint density at radius 3 is 1.30 bits per heavy atom. The second-order valence-electron chi connectivity index (χ2n) is 3.87. The molecule has 0 aromatic carbocycles. The monoisotopic (exact) mass is 438 g/mol. The summed E-state index contributed by atoms with van der Waals surface area (Å²) in [5, 5.41) is 0. The quantitative estimate of drug-likeness (QED) is 0.309. The number of rotatable bonds is 4. The summed E-state index contributed by atoms with van der Waals surface area (Å²) in [5.74, 6) is -3.41. The molecular weight excluding hydrogens is 432 g/mol. The van der Waals surface area contributed by atoms with Crippen molar-refractivity contribution in [1.82, 2.24) is 0 Å². The highest BCUT2D eigenvalue weighted by molar-refractivity contribution is 14.1. The topological polar surface area (TPSA) is 0 Å². The van der Waals surface area contributed by atoms with Crippen molar-refractivity contribution in [3.05, 3.63) is 0 Å². The first-order chi connectivity index (χ1) is 8.52. The molecule has 0 saturated carbocycles. The second kappa shape index (κ2) is 5.99. The maximum absolute atomic E-state index is 13.2. The highest BCUT2D eigenvalue weighted by atomic mass is 127. The maximum atomic E-state index is 13.2. The van der Waals surface area contributed by atoms with Gasteiger partial charge in [0.05, 0.1) is 5.92 Å². The van der Waals surface area contributed by atoms with Crippen LogP contribution in [0.25, 0.3) is 0 Å². The molecule has 0 aliphatic carbocycles. The number of hydrogen-bond acceptors (Lipinski definition) is 0. The molecule has 0 aliphatic rings. The van der Waals surface area contributed by atoms with Gasteiger partial charge in [0.1, 0.15) is 0 Å². The lowest BCUT2D eigenvalue weighted by molar-refractivity contribution is -0.352. The minimum atomic E-state index is -6.59. The molecule has 0 amide bonds. The largest absolute Gasteiger partial charge is 0.431 e. The van der Waals surface area contributed by atoms with Crippen LogP contribution in [0.4, 0.5) is 48.3 Å². The van der Waals surface area contributed by atoms with E-state index in [1.807, 2.05) is 0 Å². The van der Waals surface area contributed by atoms with Gasteiger partial charge in [0, 0.05) is 6.42 Å². The molecule has 0 fully saturated rings. The fraction of sp³-hybridized carbons (Fsp3) is 1.00. The van der Waals surface area contributed by atoms with Gasteiger partial charge < -0.3 is 0 Å². The van der Waals surface area contributed by atoms with Gasteiger partial charge in [0.2, 0.25) is 0 Å². The van der Waals surface area contributed by atoms with Crippen LogP contribution in [0.1, 0.15) is 12.8 Å². The Hall–Kier alpha value is -0.0400. The van der Waals surface area contributed by atoms with E-state index in [2.05, 4.69) is 0 Å². The zero-order chi connectivity index (χ0) is 16.6. The van der Waals surface area contributed by atoms with Gasteiger partial charge >= 0.3 is 18.5 Å². The zero-order valence-electron chi connectivity index (χ0n) is 9.10. The molecule has 20 heavy (non-hydrogen) atoms. The first-order valence-electron chi connectivity index (χ1n) is 4.69. The van der Waals surface area contributed by atoms with Crippen LogP contribution in [-0.4, -0.2) is 28.4 Å². The van der Waals surface area contributed by atoms with Crippen molar-refractivity contribution in [3.63, 3.8) is 0 Å². The van der Waals surface area contributed by atoms with Crippen LogP contribution in [0.15, 0.2) is 0 Å². The molecule has 0 heterocycles. The molecule has 0 aromatic heterocycles. The fourth-order valence-corrected chi connectivity index (χ4v) is 1.89. The van der Waals surface area contributed by atoms with Crippen LogP contribution in [-0.2, 0) is 0 Å². The van der Waals surface area contributed by atoms with Crippen LogP contribution < -0.4 is 0 Å². The molecule has 0 saturated heterocycles. The van der Waals surface area contributed by atoms with Crippen molar-refractivity contribution < 1.29 is 48.3 Å². The summed E-state index contributed by atoms with van der Waals surface area (Å²) in [6.07, 6.45) is -23.4. The van der Waals surface area contributed by atoms with Gasteiger partial charge in [-0.05, 0) is 29.0 Å². The van der Waals surface area contributed by atoms with Crippen LogP contribution in [0.3, 0.4) is 0 Å². The van der Waals surface area contributed by atoms with Gasteiger partial charge in [-0.15, -0.1) is 0 Å². The van der Waals surface area contributed by atoms with Crippen LogP contribution in [0.2, 0.25) is 0 Å². The summed E-state index contributed by atoms with van der Waals surface area (Å²) < 4.78 is 133. The third kappa shape index (κ3) is 4.76. The average molecular weight is 438 g/mol. The Balaban J connectivity index is 5.53. The molecule has 0 rings (SSSR count). The molecule has 0 bridgehead atoms. The van der Waals surface area contributed by atoms with Crippen molar-refractivity contribution >= 4 is 22.6 Å². The molecule has 0 radical (unpaired) electrons. The number of hydrogen-bond donors (Lipinski definition) is 0. The van der Waals surface area contributed by atoms with Gasteiger partial charge in [-0.1, -0.05) is 0 Å². The molecule has 0 nitrogen and oxygen atoms in total. The normalized spacial score (nSPS) is 18.0. The van der Waals surface area contributed by atoms with E-state index in [0.717, 1.165) is 22.6 Å². The van der Waals surface area contributed by atoms with Gasteiger partial charge in [0.25, 0.3) is 5.67 Å². The lowest BCUT2D eigenvalue weighted by atomic mass is 9.88. The highest BCUT2D eigenvalue weighted by Crippen LogP contribution is 2.52. The Kier molecular flexibility index (Phi) is 5.98. The predicted octanol–water partition coefficient (Wildman–Crippen LogP) is 5.51. The summed E-state index contributed by atoms with van der Waals surface area (Å²) >= 11 is 0.739. The summed E-state index contributed by atoms with van der Waals surface area (Å²) in [4.78, 5) is 0. The Bertz CT molecular complexity index is 298. The third-order valence-electron chi connectivity index (χ3n) is 2.35. The van der Waals surface area contributed by atoms with Crippen molar-refractivity contribution in [2.24, 2.45) is 5.92 Å². The van der Waals surface area contributed by atoms with Crippen molar-refractivity contribution in [2.75, 3.05) is 0 Å². The van der Waals surface area contributed by atoms with Crippen molar-refractivity contribution in [3.8, 4) is 0 Å². The Morgan fingerprint density at radius 1 is 0.750 bits per heavy atom. The Labute approximate surface area is 118 Å². The van der Waals surface area contributed by atoms with Crippen LogP contribution in [0.5, 0.6) is 0 Å². The molecule has 0 N–H and O–H groups in total. The molecule has 2 unspecified atom stereocenters. The smallest absolute Gasteiger partial charge is 0.236 e. The SMILES string of the molecule is FC(I)CC(CC(F)(C(F)(F)F)C(F)(F)F)C(F)(F)F. The maximum Gasteiger partial charge on any atom is 0.431 e. The van der Waals surface area contributed by atoms with Crippen molar-refractivity contribution in [2.45, 2.75) is 41.2 Å². The predicted molar refractivity (Wildman–Crippen MR) is 53.6 cm³/mol. The molecule has 0 aromatic rings. The van der Waals surface area contributed by atoms with E-state index in [-0.39, 0.29) is 0 Å². The lowest BCUT2D eigenvalue weighted by Crippen LogP contribution is -2.55. The minimum absolute atomic E-state index is 0.739. The molecule has 0 aliphatic heterocycles.